The van der Waals surface area contributed by atoms with Crippen LogP contribution in [0.25, 0.3) is 16.6 Å². The Labute approximate surface area is 223 Å². The lowest BCUT2D eigenvalue weighted by molar-refractivity contribution is 0.102. The van der Waals surface area contributed by atoms with Crippen molar-refractivity contribution in [3.63, 3.8) is 0 Å². The highest BCUT2D eigenvalue weighted by molar-refractivity contribution is 6.03. The van der Waals surface area contributed by atoms with Gasteiger partial charge in [0.25, 0.3) is 11.5 Å². The fraction of sp³-hybridized carbons (Fsp3) is 0.138. The lowest BCUT2D eigenvalue weighted by Gasteiger charge is -2.28. The van der Waals surface area contributed by atoms with Gasteiger partial charge in [-0.25, -0.2) is 9.97 Å². The van der Waals surface area contributed by atoms with E-state index in [9.17, 15) is 9.59 Å². The number of pyridine rings is 4. The maximum absolute atomic E-state index is 12.9. The Morgan fingerprint density at radius 3 is 2.56 bits per heavy atom. The number of amides is 1. The third kappa shape index (κ3) is 5.18. The van der Waals surface area contributed by atoms with Crippen LogP contribution in [0.4, 0.5) is 11.6 Å². The summed E-state index contributed by atoms with van der Waals surface area (Å²) in [4.78, 5) is 41.4. The molecule has 0 radical (unpaired) electrons. The summed E-state index contributed by atoms with van der Waals surface area (Å²) in [5, 5.41) is 6.89. The molecule has 4 aromatic heterocycles. The molecule has 5 aromatic rings. The minimum absolute atomic E-state index is 0.0145. The van der Waals surface area contributed by atoms with Crippen molar-refractivity contribution in [3.05, 3.63) is 107 Å². The molecule has 1 amide bonds. The van der Waals surface area contributed by atoms with Crippen molar-refractivity contribution in [3.8, 4) is 17.2 Å². The molecule has 0 atom stereocenters. The number of nitrogens with zero attached hydrogens (tertiary/aromatic N) is 5. The first-order valence-electron chi connectivity index (χ1n) is 12.6. The number of hydrogen-bond donors (Lipinski definition) is 2. The van der Waals surface area contributed by atoms with Gasteiger partial charge in [0.1, 0.15) is 28.7 Å². The normalized spacial score (nSPS) is 13.3. The third-order valence-electron chi connectivity index (χ3n) is 6.45. The zero-order chi connectivity index (χ0) is 26.6. The molecule has 39 heavy (non-hydrogen) atoms. The molecule has 0 bridgehead atoms. The van der Waals surface area contributed by atoms with Crippen LogP contribution in [0.2, 0.25) is 0 Å². The van der Waals surface area contributed by atoms with Crippen molar-refractivity contribution < 1.29 is 9.53 Å². The number of piperazine rings is 1. The molecule has 1 aliphatic rings. The highest BCUT2D eigenvalue weighted by Crippen LogP contribution is 2.30. The molecule has 1 aromatic carbocycles. The number of anilines is 2. The smallest absolute Gasteiger partial charge is 0.267 e. The van der Waals surface area contributed by atoms with Gasteiger partial charge in [-0.2, -0.15) is 0 Å². The molecule has 0 saturated carbocycles. The minimum Gasteiger partial charge on any atom is -0.455 e. The molecule has 0 aliphatic carbocycles. The van der Waals surface area contributed by atoms with Gasteiger partial charge in [-0.15, -0.1) is 0 Å². The Balaban J connectivity index is 1.19. The van der Waals surface area contributed by atoms with Crippen LogP contribution in [0, 0.1) is 0 Å². The first-order valence-corrected chi connectivity index (χ1v) is 12.6. The quantitative estimate of drug-likeness (QED) is 0.350. The van der Waals surface area contributed by atoms with E-state index in [4.69, 9.17) is 4.74 Å². The molecule has 10 heteroatoms. The zero-order valence-corrected chi connectivity index (χ0v) is 20.9. The molecule has 6 rings (SSSR count). The maximum Gasteiger partial charge on any atom is 0.267 e. The summed E-state index contributed by atoms with van der Waals surface area (Å²) in [5.41, 5.74) is 1.00. The van der Waals surface area contributed by atoms with Crippen LogP contribution in [0.15, 0.2) is 96.3 Å². The van der Waals surface area contributed by atoms with Gasteiger partial charge >= 0.3 is 0 Å². The topological polar surface area (TPSA) is 114 Å². The number of rotatable bonds is 6. The molecule has 0 unspecified atom stereocenters. The Morgan fingerprint density at radius 1 is 0.923 bits per heavy atom. The van der Waals surface area contributed by atoms with Crippen LogP contribution in [0.1, 0.15) is 10.4 Å². The maximum atomic E-state index is 12.9. The Kier molecular flexibility index (Phi) is 6.67. The highest BCUT2D eigenvalue weighted by Gasteiger charge is 2.16. The number of ether oxygens (including phenoxy) is 1. The molecule has 1 aliphatic heterocycles. The van der Waals surface area contributed by atoms with Gasteiger partial charge in [-0.1, -0.05) is 18.2 Å². The molecule has 1 fully saturated rings. The van der Waals surface area contributed by atoms with E-state index in [1.54, 1.807) is 55.0 Å². The molecule has 5 heterocycles. The lowest BCUT2D eigenvalue weighted by atomic mass is 10.2. The number of carbonyl (C=O) groups is 1. The van der Waals surface area contributed by atoms with Crippen LogP contribution >= 0.6 is 0 Å². The SMILES string of the molecule is O=C(Nc1ccc(Oc2ccnc3cnc(N4CCNCC4)cc23)cn1)c1cccn(-c2ccccc2)c1=O. The summed E-state index contributed by atoms with van der Waals surface area (Å²) >= 11 is 0. The zero-order valence-electron chi connectivity index (χ0n) is 20.9. The summed E-state index contributed by atoms with van der Waals surface area (Å²) in [7, 11) is 0. The number of benzene rings is 1. The number of aromatic nitrogens is 4. The molecule has 1 saturated heterocycles. The van der Waals surface area contributed by atoms with Crippen LogP contribution in [-0.4, -0.2) is 51.6 Å². The van der Waals surface area contributed by atoms with Gasteiger partial charge in [-0.05, 0) is 48.5 Å². The van der Waals surface area contributed by atoms with Crippen molar-refractivity contribution in [2.45, 2.75) is 0 Å². The molecular weight excluding hydrogens is 494 g/mol. The largest absolute Gasteiger partial charge is 0.455 e. The Hall–Kier alpha value is -5.09. The van der Waals surface area contributed by atoms with Crippen LogP contribution in [0.5, 0.6) is 11.5 Å². The Morgan fingerprint density at radius 2 is 1.77 bits per heavy atom. The predicted molar refractivity (Wildman–Crippen MR) is 149 cm³/mol. The lowest BCUT2D eigenvalue weighted by Crippen LogP contribution is -2.43. The van der Waals surface area contributed by atoms with Gasteiger partial charge < -0.3 is 20.3 Å². The van der Waals surface area contributed by atoms with Crippen molar-refractivity contribution in [1.82, 2.24) is 24.8 Å². The van der Waals surface area contributed by atoms with Gasteiger partial charge in [0.05, 0.1) is 17.9 Å². The Bertz CT molecular complexity index is 1680. The van der Waals surface area contributed by atoms with Gasteiger partial charge in [0.15, 0.2) is 0 Å². The second kappa shape index (κ2) is 10.7. The van der Waals surface area contributed by atoms with E-state index in [0.717, 1.165) is 42.9 Å². The number of fused-ring (bicyclic) bond motifs is 1. The van der Waals surface area contributed by atoms with E-state index < -0.39 is 11.5 Å². The number of carbonyl (C=O) groups excluding carboxylic acids is 1. The van der Waals surface area contributed by atoms with E-state index in [0.29, 0.717) is 23.0 Å². The first-order chi connectivity index (χ1) is 19.2. The second-order valence-electron chi connectivity index (χ2n) is 8.97. The summed E-state index contributed by atoms with van der Waals surface area (Å²) in [6.07, 6.45) is 6.58. The molecule has 10 nitrogen and oxygen atoms in total. The molecule has 2 N–H and O–H groups in total. The van der Waals surface area contributed by atoms with E-state index in [-0.39, 0.29) is 5.56 Å². The predicted octanol–water partition coefficient (Wildman–Crippen LogP) is 3.63. The van der Waals surface area contributed by atoms with Crippen molar-refractivity contribution in [1.29, 1.82) is 0 Å². The summed E-state index contributed by atoms with van der Waals surface area (Å²) < 4.78 is 7.57. The molecule has 194 valence electrons. The molecular formula is C29H25N7O3. The van der Waals surface area contributed by atoms with Crippen molar-refractivity contribution >= 4 is 28.4 Å². The van der Waals surface area contributed by atoms with E-state index >= 15 is 0 Å². The monoisotopic (exact) mass is 519 g/mol. The minimum atomic E-state index is -0.542. The number of nitrogens with one attached hydrogen (secondary N) is 2. The highest BCUT2D eigenvalue weighted by atomic mass is 16.5. The van der Waals surface area contributed by atoms with Crippen LogP contribution < -0.4 is 25.8 Å². The number of para-hydroxylation sites is 1. The van der Waals surface area contributed by atoms with E-state index in [1.165, 1.54) is 16.8 Å². The van der Waals surface area contributed by atoms with Crippen LogP contribution in [0.3, 0.4) is 0 Å². The van der Waals surface area contributed by atoms with E-state index in [2.05, 4.69) is 30.5 Å². The van der Waals surface area contributed by atoms with Crippen LogP contribution in [-0.2, 0) is 0 Å². The average molecular weight is 520 g/mol. The van der Waals surface area contributed by atoms with Crippen molar-refractivity contribution in [2.24, 2.45) is 0 Å². The van der Waals surface area contributed by atoms with E-state index in [1.807, 2.05) is 24.3 Å². The summed E-state index contributed by atoms with van der Waals surface area (Å²) in [6.45, 7) is 3.60. The fourth-order valence-electron chi connectivity index (χ4n) is 4.45. The second-order valence-corrected chi connectivity index (χ2v) is 8.97. The fourth-order valence-corrected chi connectivity index (χ4v) is 4.45. The summed E-state index contributed by atoms with van der Waals surface area (Å²) in [6, 6.07) is 19.4. The molecule has 0 spiro atoms. The standard InChI is InChI=1S/C29H25N7O3/c37-28(22-7-4-14-36(29(22)38)20-5-2-1-3-6-20)34-26-9-8-21(18-32-26)39-25-10-11-31-24-19-33-27(17-23(24)25)35-15-12-30-13-16-35/h1-11,14,17-19,30H,12-13,15-16H2,(H,32,34,37). The van der Waals surface area contributed by atoms with Gasteiger partial charge in [0, 0.05) is 49.6 Å². The van der Waals surface area contributed by atoms with Crippen molar-refractivity contribution in [2.75, 3.05) is 36.4 Å². The third-order valence-corrected chi connectivity index (χ3v) is 6.45. The average Bonchev–Trinajstić information content (AvgIpc) is 2.99. The summed E-state index contributed by atoms with van der Waals surface area (Å²) in [5.74, 6) is 1.76. The van der Waals surface area contributed by atoms with Gasteiger partial charge in [-0.3, -0.25) is 19.1 Å². The number of hydrogen-bond acceptors (Lipinski definition) is 8. The van der Waals surface area contributed by atoms with Gasteiger partial charge in [0.2, 0.25) is 0 Å². The first kappa shape index (κ1) is 24.3.